The third-order valence-electron chi connectivity index (χ3n) is 2.53. The van der Waals surface area contributed by atoms with Crippen LogP contribution < -0.4 is 0 Å². The highest BCUT2D eigenvalue weighted by Gasteiger charge is 2.39. The molecule has 0 aliphatic heterocycles. The van der Waals surface area contributed by atoms with Gasteiger partial charge in [-0.1, -0.05) is 19.9 Å². The van der Waals surface area contributed by atoms with E-state index in [0.29, 0.717) is 0 Å². The van der Waals surface area contributed by atoms with Crippen molar-refractivity contribution in [3.05, 3.63) is 12.7 Å². The molecule has 0 fully saturated rings. The minimum Gasteiger partial charge on any atom is -0.480 e. The van der Waals surface area contributed by atoms with Crippen LogP contribution in [0.1, 0.15) is 34.6 Å². The molecule has 0 heterocycles. The van der Waals surface area contributed by atoms with Gasteiger partial charge in [0.05, 0.1) is 0 Å². The lowest BCUT2D eigenvalue weighted by Gasteiger charge is -2.36. The van der Waals surface area contributed by atoms with Gasteiger partial charge in [0.1, 0.15) is 11.6 Å². The fourth-order valence-corrected chi connectivity index (χ4v) is 1.53. The van der Waals surface area contributed by atoms with Gasteiger partial charge in [-0.25, -0.2) is 9.59 Å². The van der Waals surface area contributed by atoms with Crippen LogP contribution in [-0.2, 0) is 9.53 Å². The maximum atomic E-state index is 11.9. The molecule has 0 aromatic carbocycles. The van der Waals surface area contributed by atoms with E-state index in [4.69, 9.17) is 4.74 Å². The second-order valence-electron chi connectivity index (χ2n) is 5.86. The summed E-state index contributed by atoms with van der Waals surface area (Å²) in [5, 5.41) is 9.26. The molecular formula is C13H23NO4. The first kappa shape index (κ1) is 16.5. The molecule has 0 rings (SSSR count). The maximum Gasteiger partial charge on any atom is 0.410 e. The summed E-state index contributed by atoms with van der Waals surface area (Å²) in [5.74, 6) is -1.09. The molecule has 0 saturated heterocycles. The Morgan fingerprint density at radius 1 is 1.28 bits per heavy atom. The summed E-state index contributed by atoms with van der Waals surface area (Å²) in [6, 6.07) is -1.02. The molecular weight excluding hydrogens is 234 g/mol. The minimum absolute atomic E-state index is 0.660. The molecule has 18 heavy (non-hydrogen) atoms. The lowest BCUT2D eigenvalue weighted by molar-refractivity contribution is -0.145. The summed E-state index contributed by atoms with van der Waals surface area (Å²) in [6.45, 7) is 12.2. The van der Waals surface area contributed by atoms with E-state index in [9.17, 15) is 14.7 Å². The number of rotatable bonds is 4. The van der Waals surface area contributed by atoms with E-state index >= 15 is 0 Å². The predicted molar refractivity (Wildman–Crippen MR) is 69.4 cm³/mol. The number of hydrogen-bond acceptors (Lipinski definition) is 3. The molecule has 1 N–H and O–H groups in total. The topological polar surface area (TPSA) is 66.8 Å². The molecule has 1 amide bonds. The van der Waals surface area contributed by atoms with Crippen LogP contribution in [0, 0.1) is 5.41 Å². The van der Waals surface area contributed by atoms with Crippen LogP contribution in [0.2, 0.25) is 0 Å². The summed E-state index contributed by atoms with van der Waals surface area (Å²) in [7, 11) is 1.41. The number of hydrogen-bond donors (Lipinski definition) is 1. The van der Waals surface area contributed by atoms with Gasteiger partial charge < -0.3 is 9.84 Å². The van der Waals surface area contributed by atoms with Crippen LogP contribution >= 0.6 is 0 Å². The molecule has 0 spiro atoms. The first-order valence-electron chi connectivity index (χ1n) is 5.74. The number of carboxylic acids is 1. The van der Waals surface area contributed by atoms with Crippen molar-refractivity contribution < 1.29 is 19.4 Å². The Morgan fingerprint density at radius 3 is 2.00 bits per heavy atom. The van der Waals surface area contributed by atoms with Crippen molar-refractivity contribution in [2.45, 2.75) is 46.3 Å². The van der Waals surface area contributed by atoms with Crippen molar-refractivity contribution in [1.29, 1.82) is 0 Å². The quantitative estimate of drug-likeness (QED) is 0.786. The lowest BCUT2D eigenvalue weighted by Crippen LogP contribution is -2.51. The van der Waals surface area contributed by atoms with E-state index in [1.165, 1.54) is 13.1 Å². The monoisotopic (exact) mass is 257 g/mol. The van der Waals surface area contributed by atoms with Gasteiger partial charge in [-0.3, -0.25) is 4.90 Å². The average Bonchev–Trinajstić information content (AvgIpc) is 2.14. The zero-order valence-electron chi connectivity index (χ0n) is 12.0. The van der Waals surface area contributed by atoms with Gasteiger partial charge in [0.15, 0.2) is 0 Å². The van der Waals surface area contributed by atoms with E-state index in [0.717, 1.165) is 4.90 Å². The van der Waals surface area contributed by atoms with Gasteiger partial charge in [0.2, 0.25) is 0 Å². The van der Waals surface area contributed by atoms with Crippen LogP contribution in [0.25, 0.3) is 0 Å². The summed E-state index contributed by atoms with van der Waals surface area (Å²) < 4.78 is 5.16. The van der Waals surface area contributed by atoms with Gasteiger partial charge >= 0.3 is 12.1 Å². The van der Waals surface area contributed by atoms with E-state index in [2.05, 4.69) is 6.58 Å². The molecule has 0 aromatic heterocycles. The number of carbonyl (C=O) groups excluding carboxylic acids is 1. The van der Waals surface area contributed by atoms with Crippen LogP contribution in [0.4, 0.5) is 4.79 Å². The highest BCUT2D eigenvalue weighted by Crippen LogP contribution is 2.27. The van der Waals surface area contributed by atoms with E-state index in [1.807, 2.05) is 0 Å². The lowest BCUT2D eigenvalue weighted by atomic mass is 9.84. The van der Waals surface area contributed by atoms with Crippen LogP contribution in [0.5, 0.6) is 0 Å². The highest BCUT2D eigenvalue weighted by atomic mass is 16.6. The van der Waals surface area contributed by atoms with Crippen LogP contribution in [0.3, 0.4) is 0 Å². The normalized spacial score (nSPS) is 13.7. The minimum atomic E-state index is -1.09. The Hall–Kier alpha value is -1.52. The Kier molecular flexibility index (Phi) is 4.96. The summed E-state index contributed by atoms with van der Waals surface area (Å²) in [5.41, 5.74) is -1.41. The number of amides is 1. The third kappa shape index (κ3) is 4.39. The average molecular weight is 257 g/mol. The molecule has 1 unspecified atom stereocenters. The molecule has 0 saturated carbocycles. The van der Waals surface area contributed by atoms with Crippen molar-refractivity contribution >= 4 is 12.1 Å². The molecule has 5 nitrogen and oxygen atoms in total. The fraction of sp³-hybridized carbons (Fsp3) is 0.692. The second-order valence-corrected chi connectivity index (χ2v) is 5.86. The second kappa shape index (κ2) is 5.42. The number of aliphatic carboxylic acids is 1. The van der Waals surface area contributed by atoms with Crippen molar-refractivity contribution in [1.82, 2.24) is 4.90 Å². The van der Waals surface area contributed by atoms with E-state index in [-0.39, 0.29) is 0 Å². The molecule has 0 aromatic rings. The Balaban J connectivity index is 5.12. The van der Waals surface area contributed by atoms with Crippen molar-refractivity contribution in [3.8, 4) is 0 Å². The highest BCUT2D eigenvalue weighted by molar-refractivity contribution is 5.81. The molecule has 0 radical (unpaired) electrons. The van der Waals surface area contributed by atoms with Gasteiger partial charge in [0, 0.05) is 12.5 Å². The van der Waals surface area contributed by atoms with Crippen molar-refractivity contribution in [2.24, 2.45) is 5.41 Å². The summed E-state index contributed by atoms with van der Waals surface area (Å²) in [6.07, 6.45) is 0.858. The number of ether oxygens (including phenoxy) is 1. The van der Waals surface area contributed by atoms with Crippen LogP contribution in [-0.4, -0.2) is 40.8 Å². The third-order valence-corrected chi connectivity index (χ3v) is 2.53. The molecule has 0 aliphatic rings. The number of nitrogens with zero attached hydrogens (tertiary/aromatic N) is 1. The first-order chi connectivity index (χ1) is 7.92. The van der Waals surface area contributed by atoms with Gasteiger partial charge in [-0.15, -0.1) is 6.58 Å². The number of likely N-dealkylation sites (N-methyl/N-ethyl adjacent to an activating group) is 1. The van der Waals surface area contributed by atoms with Crippen molar-refractivity contribution in [2.75, 3.05) is 7.05 Å². The summed E-state index contributed by atoms with van der Waals surface area (Å²) in [4.78, 5) is 24.3. The Labute approximate surface area is 108 Å². The SMILES string of the molecule is C=CC(C)(C)C(C(=O)O)N(C)C(=O)OC(C)(C)C. The molecule has 5 heteroatoms. The molecule has 0 bridgehead atoms. The Bertz CT molecular complexity index is 341. The van der Waals surface area contributed by atoms with Gasteiger partial charge in [0.25, 0.3) is 0 Å². The largest absolute Gasteiger partial charge is 0.480 e. The van der Waals surface area contributed by atoms with Gasteiger partial charge in [-0.2, -0.15) is 0 Å². The van der Waals surface area contributed by atoms with Gasteiger partial charge in [-0.05, 0) is 20.8 Å². The Morgan fingerprint density at radius 2 is 1.72 bits per heavy atom. The maximum absolute atomic E-state index is 11.9. The zero-order valence-corrected chi connectivity index (χ0v) is 12.0. The number of carbonyl (C=O) groups is 2. The fourth-order valence-electron chi connectivity index (χ4n) is 1.53. The predicted octanol–water partition coefficient (Wildman–Crippen LogP) is 2.52. The molecule has 1 atom stereocenters. The first-order valence-corrected chi connectivity index (χ1v) is 5.74. The van der Waals surface area contributed by atoms with Crippen LogP contribution in [0.15, 0.2) is 12.7 Å². The summed E-state index contributed by atoms with van der Waals surface area (Å²) >= 11 is 0. The molecule has 104 valence electrons. The smallest absolute Gasteiger partial charge is 0.410 e. The standard InChI is InChI=1S/C13H23NO4/c1-8-13(5,6)9(10(15)16)14(7)11(17)18-12(2,3)4/h8-9H,1H2,2-7H3,(H,15,16). The number of carboxylic acid groups (broad SMARTS) is 1. The molecule has 0 aliphatic carbocycles. The van der Waals surface area contributed by atoms with E-state index < -0.39 is 29.1 Å². The van der Waals surface area contributed by atoms with E-state index in [1.54, 1.807) is 34.6 Å². The zero-order chi connectivity index (χ0) is 14.7. The van der Waals surface area contributed by atoms with Crippen molar-refractivity contribution in [3.63, 3.8) is 0 Å².